The molecule has 4 aromatic rings. The number of alkyl halides is 3. The smallest absolute Gasteiger partial charge is 0.232 e. The minimum absolute atomic E-state index is 0.158. The Balaban J connectivity index is 2.30. The molecular formula is C16H9F3N2. The molecule has 4 rings (SSSR count). The summed E-state index contributed by atoms with van der Waals surface area (Å²) < 4.78 is 41.5. The summed E-state index contributed by atoms with van der Waals surface area (Å²) in [6.07, 6.45) is -4.40. The number of fused-ring (bicyclic) bond motifs is 5. The SMILES string of the molecule is FC(F)(F)c1cc2c3ccccc3nn2c2ccccc12. The first-order valence-electron chi connectivity index (χ1n) is 6.42. The van der Waals surface area contributed by atoms with E-state index in [9.17, 15) is 13.2 Å². The number of benzene rings is 2. The molecule has 0 N–H and O–H groups in total. The molecule has 2 nitrogen and oxygen atoms in total. The summed E-state index contributed by atoms with van der Waals surface area (Å²) in [6, 6.07) is 14.8. The number of aromatic nitrogens is 2. The van der Waals surface area contributed by atoms with Gasteiger partial charge in [0.15, 0.2) is 0 Å². The van der Waals surface area contributed by atoms with Gasteiger partial charge in [0, 0.05) is 10.8 Å². The van der Waals surface area contributed by atoms with Crippen LogP contribution in [-0.2, 0) is 6.18 Å². The van der Waals surface area contributed by atoms with Gasteiger partial charge in [-0.15, -0.1) is 0 Å². The molecule has 0 radical (unpaired) electrons. The van der Waals surface area contributed by atoms with Gasteiger partial charge in [-0.3, -0.25) is 0 Å². The van der Waals surface area contributed by atoms with E-state index in [2.05, 4.69) is 5.10 Å². The topological polar surface area (TPSA) is 17.3 Å². The molecule has 0 aliphatic carbocycles. The average molecular weight is 286 g/mol. The van der Waals surface area contributed by atoms with Crippen molar-refractivity contribution in [3.05, 3.63) is 60.2 Å². The molecule has 0 bridgehead atoms. The Labute approximate surface area is 117 Å². The summed E-state index contributed by atoms with van der Waals surface area (Å²) in [5.74, 6) is 0. The maximum atomic E-state index is 13.3. The number of para-hydroxylation sites is 1. The first kappa shape index (κ1) is 12.2. The highest BCUT2D eigenvalue weighted by Gasteiger charge is 2.33. The van der Waals surface area contributed by atoms with Gasteiger partial charge in [0.1, 0.15) is 0 Å². The molecule has 0 aliphatic rings. The fourth-order valence-electron chi connectivity index (χ4n) is 2.71. The predicted molar refractivity (Wildman–Crippen MR) is 75.2 cm³/mol. The average Bonchev–Trinajstić information content (AvgIpc) is 2.84. The van der Waals surface area contributed by atoms with Crippen molar-refractivity contribution in [1.29, 1.82) is 0 Å². The fraction of sp³-hybridized carbons (Fsp3) is 0.0625. The molecule has 2 aromatic carbocycles. The Morgan fingerprint density at radius 1 is 0.810 bits per heavy atom. The summed E-state index contributed by atoms with van der Waals surface area (Å²) in [7, 11) is 0. The number of rotatable bonds is 0. The normalized spacial score (nSPS) is 12.5. The highest BCUT2D eigenvalue weighted by molar-refractivity contribution is 5.99. The van der Waals surface area contributed by atoms with Gasteiger partial charge in [0.25, 0.3) is 0 Å². The monoisotopic (exact) mass is 286 g/mol. The van der Waals surface area contributed by atoms with E-state index in [4.69, 9.17) is 0 Å². The fourth-order valence-corrected chi connectivity index (χ4v) is 2.71. The Bertz CT molecular complexity index is 983. The highest BCUT2D eigenvalue weighted by atomic mass is 19.4. The van der Waals surface area contributed by atoms with E-state index < -0.39 is 11.7 Å². The molecule has 0 spiro atoms. The summed E-state index contributed by atoms with van der Waals surface area (Å²) >= 11 is 0. The second kappa shape index (κ2) is 3.97. The molecule has 2 aromatic heterocycles. The second-order valence-corrected chi connectivity index (χ2v) is 4.89. The van der Waals surface area contributed by atoms with E-state index in [0.29, 0.717) is 21.9 Å². The highest BCUT2D eigenvalue weighted by Crippen LogP contribution is 2.37. The predicted octanol–water partition coefficient (Wildman–Crippen LogP) is 4.66. The molecule has 0 saturated heterocycles. The molecule has 0 unspecified atom stereocenters. The van der Waals surface area contributed by atoms with Crippen molar-refractivity contribution < 1.29 is 13.2 Å². The summed E-state index contributed by atoms with van der Waals surface area (Å²) in [6.45, 7) is 0. The van der Waals surface area contributed by atoms with Crippen LogP contribution in [0, 0.1) is 0 Å². The molecule has 0 amide bonds. The van der Waals surface area contributed by atoms with Crippen LogP contribution >= 0.6 is 0 Å². The van der Waals surface area contributed by atoms with E-state index >= 15 is 0 Å². The van der Waals surface area contributed by atoms with Gasteiger partial charge in [-0.2, -0.15) is 18.3 Å². The van der Waals surface area contributed by atoms with Crippen molar-refractivity contribution in [2.75, 3.05) is 0 Å². The van der Waals surface area contributed by atoms with Crippen molar-refractivity contribution in [3.8, 4) is 0 Å². The third kappa shape index (κ3) is 1.70. The quantitative estimate of drug-likeness (QED) is 0.459. The first-order valence-corrected chi connectivity index (χ1v) is 6.42. The lowest BCUT2D eigenvalue weighted by molar-refractivity contribution is -0.136. The standard InChI is InChI=1S/C16H9F3N2/c17-16(18,19)12-9-15-11-6-1-3-7-13(11)20-21(15)14-8-4-2-5-10(12)14/h1-9H. The molecule has 21 heavy (non-hydrogen) atoms. The van der Waals surface area contributed by atoms with Gasteiger partial charge in [0.2, 0.25) is 0 Å². The van der Waals surface area contributed by atoms with Gasteiger partial charge in [-0.25, -0.2) is 4.52 Å². The zero-order valence-electron chi connectivity index (χ0n) is 10.7. The third-order valence-electron chi connectivity index (χ3n) is 3.62. The largest absolute Gasteiger partial charge is 0.417 e. The van der Waals surface area contributed by atoms with Crippen LogP contribution in [0.4, 0.5) is 13.2 Å². The summed E-state index contributed by atoms with van der Waals surface area (Å²) in [4.78, 5) is 0. The Morgan fingerprint density at radius 3 is 2.24 bits per heavy atom. The van der Waals surface area contributed by atoms with Crippen LogP contribution in [0.5, 0.6) is 0 Å². The van der Waals surface area contributed by atoms with Crippen molar-refractivity contribution in [1.82, 2.24) is 9.61 Å². The van der Waals surface area contributed by atoms with Crippen LogP contribution in [0.1, 0.15) is 5.56 Å². The van der Waals surface area contributed by atoms with Crippen molar-refractivity contribution in [2.45, 2.75) is 6.18 Å². The lowest BCUT2D eigenvalue weighted by Gasteiger charge is -2.11. The van der Waals surface area contributed by atoms with Crippen molar-refractivity contribution >= 4 is 27.3 Å². The summed E-state index contributed by atoms with van der Waals surface area (Å²) in [5, 5.41) is 5.29. The molecular weight excluding hydrogens is 277 g/mol. The number of nitrogens with zero attached hydrogens (tertiary/aromatic N) is 2. The minimum Gasteiger partial charge on any atom is -0.232 e. The van der Waals surface area contributed by atoms with Crippen LogP contribution in [0.3, 0.4) is 0 Å². The van der Waals surface area contributed by atoms with E-state index in [1.165, 1.54) is 12.1 Å². The van der Waals surface area contributed by atoms with Gasteiger partial charge in [0.05, 0.1) is 22.1 Å². The molecule has 5 heteroatoms. The van der Waals surface area contributed by atoms with Gasteiger partial charge in [-0.1, -0.05) is 36.4 Å². The maximum absolute atomic E-state index is 13.3. The Hall–Kier alpha value is -2.56. The summed E-state index contributed by atoms with van der Waals surface area (Å²) in [5.41, 5.74) is 0.980. The second-order valence-electron chi connectivity index (χ2n) is 4.89. The molecule has 0 atom stereocenters. The van der Waals surface area contributed by atoms with Gasteiger partial charge in [-0.05, 0) is 18.2 Å². The maximum Gasteiger partial charge on any atom is 0.417 e. The van der Waals surface area contributed by atoms with E-state index in [0.717, 1.165) is 0 Å². The zero-order valence-corrected chi connectivity index (χ0v) is 10.7. The zero-order chi connectivity index (χ0) is 14.6. The molecule has 2 heterocycles. The Kier molecular flexibility index (Phi) is 2.31. The number of hydrogen-bond donors (Lipinski definition) is 0. The van der Waals surface area contributed by atoms with Gasteiger partial charge < -0.3 is 0 Å². The molecule has 0 aliphatic heterocycles. The van der Waals surface area contributed by atoms with E-state index in [1.54, 1.807) is 40.9 Å². The van der Waals surface area contributed by atoms with Crippen LogP contribution < -0.4 is 0 Å². The third-order valence-corrected chi connectivity index (χ3v) is 3.62. The van der Waals surface area contributed by atoms with E-state index in [-0.39, 0.29) is 5.39 Å². The number of halogens is 3. The Morgan fingerprint density at radius 2 is 1.48 bits per heavy atom. The van der Waals surface area contributed by atoms with Crippen LogP contribution in [0.25, 0.3) is 27.3 Å². The van der Waals surface area contributed by atoms with Crippen LogP contribution in [-0.4, -0.2) is 9.61 Å². The van der Waals surface area contributed by atoms with Crippen LogP contribution in [0.15, 0.2) is 54.6 Å². The lowest BCUT2D eigenvalue weighted by Crippen LogP contribution is -2.07. The van der Waals surface area contributed by atoms with Crippen molar-refractivity contribution in [2.24, 2.45) is 0 Å². The van der Waals surface area contributed by atoms with Crippen molar-refractivity contribution in [3.63, 3.8) is 0 Å². The first-order chi connectivity index (χ1) is 10.1. The number of hydrogen-bond acceptors (Lipinski definition) is 1. The molecule has 104 valence electrons. The van der Waals surface area contributed by atoms with Crippen LogP contribution in [0.2, 0.25) is 0 Å². The minimum atomic E-state index is -4.40. The number of pyridine rings is 1. The molecule has 0 fully saturated rings. The lowest BCUT2D eigenvalue weighted by atomic mass is 10.1. The van der Waals surface area contributed by atoms with E-state index in [1.807, 2.05) is 6.07 Å². The molecule has 0 saturated carbocycles. The van der Waals surface area contributed by atoms with Gasteiger partial charge >= 0.3 is 6.18 Å².